The van der Waals surface area contributed by atoms with E-state index in [4.69, 9.17) is 0 Å². The molecule has 1 N–H and O–H groups in total. The van der Waals surface area contributed by atoms with E-state index >= 15 is 0 Å². The van der Waals surface area contributed by atoms with Crippen molar-refractivity contribution in [3.63, 3.8) is 0 Å². The van der Waals surface area contributed by atoms with Crippen LogP contribution in [0.3, 0.4) is 0 Å². The Balaban J connectivity index is 1.98. The summed E-state index contributed by atoms with van der Waals surface area (Å²) < 4.78 is 26.6. The van der Waals surface area contributed by atoms with Gasteiger partial charge < -0.3 is 10.2 Å². The van der Waals surface area contributed by atoms with Gasteiger partial charge in [0, 0.05) is 26.2 Å². The monoisotopic (exact) mass is 431 g/mol. The summed E-state index contributed by atoms with van der Waals surface area (Å²) in [5.74, 6) is -0.000987. The summed E-state index contributed by atoms with van der Waals surface area (Å²) in [5.41, 5.74) is 2.02. The number of hydrogen-bond acceptors (Lipinski definition) is 4. The van der Waals surface area contributed by atoms with Crippen molar-refractivity contribution >= 4 is 15.9 Å². The van der Waals surface area contributed by atoms with Crippen molar-refractivity contribution < 1.29 is 13.2 Å². The Bertz CT molecular complexity index is 910. The van der Waals surface area contributed by atoms with E-state index in [-0.39, 0.29) is 29.4 Å². The molecule has 0 fully saturated rings. The lowest BCUT2D eigenvalue weighted by Gasteiger charge is -2.26. The van der Waals surface area contributed by atoms with Gasteiger partial charge in [0.1, 0.15) is 0 Å². The first-order chi connectivity index (χ1) is 14.2. The van der Waals surface area contributed by atoms with Crippen molar-refractivity contribution in [1.29, 1.82) is 0 Å². The van der Waals surface area contributed by atoms with Crippen LogP contribution in [0.1, 0.15) is 50.9 Å². The van der Waals surface area contributed by atoms with Crippen LogP contribution in [0.25, 0.3) is 0 Å². The van der Waals surface area contributed by atoms with E-state index in [1.54, 1.807) is 36.2 Å². The number of hydrogen-bond donors (Lipinski definition) is 1. The molecule has 164 valence electrons. The average Bonchev–Trinajstić information content (AvgIpc) is 2.77. The number of likely N-dealkylation sites (N-methyl/N-ethyl adjacent to an activating group) is 1. The highest BCUT2D eigenvalue weighted by Gasteiger charge is 2.22. The molecule has 2 atom stereocenters. The summed E-state index contributed by atoms with van der Waals surface area (Å²) in [6, 6.07) is 16.7. The Morgan fingerprint density at radius 2 is 1.50 bits per heavy atom. The van der Waals surface area contributed by atoms with E-state index in [9.17, 15) is 13.2 Å². The third-order valence-corrected chi connectivity index (χ3v) is 7.60. The van der Waals surface area contributed by atoms with Gasteiger partial charge >= 0.3 is 0 Å². The molecule has 0 saturated carbocycles. The molecular formula is C23H33N3O3S. The van der Waals surface area contributed by atoms with Crippen LogP contribution in [0, 0.1) is 0 Å². The quantitative estimate of drug-likeness (QED) is 0.624. The Morgan fingerprint density at radius 3 is 2.03 bits per heavy atom. The molecule has 0 aromatic heterocycles. The molecule has 0 aliphatic carbocycles. The van der Waals surface area contributed by atoms with Crippen molar-refractivity contribution in [2.75, 3.05) is 26.7 Å². The predicted molar refractivity (Wildman–Crippen MR) is 121 cm³/mol. The maximum Gasteiger partial charge on any atom is 0.243 e. The molecule has 30 heavy (non-hydrogen) atoms. The van der Waals surface area contributed by atoms with E-state index in [0.29, 0.717) is 13.1 Å². The van der Waals surface area contributed by atoms with Gasteiger partial charge in [-0.05, 0) is 37.1 Å². The van der Waals surface area contributed by atoms with Gasteiger partial charge in [-0.2, -0.15) is 4.31 Å². The molecular weight excluding hydrogens is 398 g/mol. The van der Waals surface area contributed by atoms with Crippen molar-refractivity contribution in [3.8, 4) is 0 Å². The molecule has 0 heterocycles. The first kappa shape index (κ1) is 24.1. The van der Waals surface area contributed by atoms with Crippen molar-refractivity contribution in [1.82, 2.24) is 14.5 Å². The van der Waals surface area contributed by atoms with Crippen LogP contribution in [0.4, 0.5) is 0 Å². The second-order valence-electron chi connectivity index (χ2n) is 7.35. The third kappa shape index (κ3) is 5.68. The zero-order valence-electron chi connectivity index (χ0n) is 18.5. The molecule has 0 saturated heterocycles. The van der Waals surface area contributed by atoms with Crippen LogP contribution in [0.15, 0.2) is 59.5 Å². The van der Waals surface area contributed by atoms with E-state index in [1.807, 2.05) is 58.0 Å². The fourth-order valence-electron chi connectivity index (χ4n) is 3.30. The van der Waals surface area contributed by atoms with Crippen molar-refractivity contribution in [2.24, 2.45) is 0 Å². The molecule has 0 spiro atoms. The lowest BCUT2D eigenvalue weighted by atomic mass is 10.1. The summed E-state index contributed by atoms with van der Waals surface area (Å²) in [6.07, 6.45) is 0. The summed E-state index contributed by atoms with van der Waals surface area (Å²) in [4.78, 5) is 14.6. The van der Waals surface area contributed by atoms with Crippen LogP contribution in [0.5, 0.6) is 0 Å². The van der Waals surface area contributed by atoms with Gasteiger partial charge in [-0.15, -0.1) is 0 Å². The Kier molecular flexibility index (Phi) is 8.58. The lowest BCUT2D eigenvalue weighted by Crippen LogP contribution is -2.37. The third-order valence-electron chi connectivity index (χ3n) is 5.54. The average molecular weight is 432 g/mol. The van der Waals surface area contributed by atoms with Crippen molar-refractivity contribution in [3.05, 3.63) is 65.7 Å². The number of nitrogens with zero attached hydrogens (tertiary/aromatic N) is 2. The largest absolute Gasteiger partial charge is 0.338 e. The summed E-state index contributed by atoms with van der Waals surface area (Å²) in [7, 11) is -1.66. The molecule has 0 aliphatic rings. The predicted octanol–water partition coefficient (Wildman–Crippen LogP) is 3.59. The van der Waals surface area contributed by atoms with E-state index in [1.165, 1.54) is 4.31 Å². The molecule has 7 heteroatoms. The minimum absolute atomic E-state index is 0.000987. The second-order valence-corrected chi connectivity index (χ2v) is 9.29. The Labute approximate surface area is 180 Å². The Hall–Kier alpha value is -2.22. The SMILES string of the molecule is CCN(CC)S(=O)(=O)c1ccc([C@H](C)NCC(=O)N(C)[C@H](C)c2ccccc2)cc1. The summed E-state index contributed by atoms with van der Waals surface area (Å²) in [6.45, 7) is 8.70. The molecule has 0 aliphatic heterocycles. The first-order valence-corrected chi connectivity index (χ1v) is 11.8. The van der Waals surface area contributed by atoms with E-state index in [0.717, 1.165) is 11.1 Å². The number of rotatable bonds is 10. The fraction of sp³-hybridized carbons (Fsp3) is 0.435. The zero-order chi connectivity index (χ0) is 22.3. The molecule has 0 unspecified atom stereocenters. The van der Waals surface area contributed by atoms with Gasteiger partial charge in [0.25, 0.3) is 0 Å². The van der Waals surface area contributed by atoms with Crippen LogP contribution in [-0.2, 0) is 14.8 Å². The van der Waals surface area contributed by atoms with Crippen LogP contribution in [-0.4, -0.2) is 50.2 Å². The summed E-state index contributed by atoms with van der Waals surface area (Å²) in [5, 5.41) is 3.24. The van der Waals surface area contributed by atoms with E-state index in [2.05, 4.69) is 5.32 Å². The zero-order valence-corrected chi connectivity index (χ0v) is 19.3. The molecule has 2 rings (SSSR count). The number of amides is 1. The molecule has 0 radical (unpaired) electrons. The van der Waals surface area contributed by atoms with Crippen LogP contribution in [0.2, 0.25) is 0 Å². The van der Waals surface area contributed by atoms with Crippen LogP contribution < -0.4 is 5.32 Å². The maximum atomic E-state index is 12.6. The standard InChI is InChI=1S/C23H33N3O3S/c1-6-26(7-2)30(28,29)22-15-13-20(14-16-22)18(3)24-17-23(27)25(5)19(4)21-11-9-8-10-12-21/h8-16,18-19,24H,6-7,17H2,1-5H3/t18-,19+/m0/s1. The van der Waals surface area contributed by atoms with Gasteiger partial charge in [-0.3, -0.25) is 4.79 Å². The number of carbonyl (C=O) groups excluding carboxylic acids is 1. The van der Waals surface area contributed by atoms with Gasteiger partial charge in [0.15, 0.2) is 0 Å². The lowest BCUT2D eigenvalue weighted by molar-refractivity contribution is -0.131. The normalized spacial score (nSPS) is 13.8. The Morgan fingerprint density at radius 1 is 0.933 bits per heavy atom. The minimum Gasteiger partial charge on any atom is -0.338 e. The van der Waals surface area contributed by atoms with Gasteiger partial charge in [-0.1, -0.05) is 56.3 Å². The molecule has 2 aromatic rings. The minimum atomic E-state index is -3.46. The maximum absolute atomic E-state index is 12.6. The van der Waals surface area contributed by atoms with Gasteiger partial charge in [0.2, 0.25) is 15.9 Å². The molecule has 1 amide bonds. The number of sulfonamides is 1. The molecule has 2 aromatic carbocycles. The van der Waals surface area contributed by atoms with Gasteiger partial charge in [0.05, 0.1) is 17.5 Å². The topological polar surface area (TPSA) is 69.7 Å². The van der Waals surface area contributed by atoms with E-state index < -0.39 is 10.0 Å². The number of benzene rings is 2. The first-order valence-electron chi connectivity index (χ1n) is 10.4. The molecule has 0 bridgehead atoms. The fourth-order valence-corrected chi connectivity index (χ4v) is 4.75. The number of nitrogens with one attached hydrogen (secondary N) is 1. The highest BCUT2D eigenvalue weighted by molar-refractivity contribution is 7.89. The number of carbonyl (C=O) groups is 1. The smallest absolute Gasteiger partial charge is 0.243 e. The second kappa shape index (κ2) is 10.7. The summed E-state index contributed by atoms with van der Waals surface area (Å²) >= 11 is 0. The van der Waals surface area contributed by atoms with Gasteiger partial charge in [-0.25, -0.2) is 8.42 Å². The highest BCUT2D eigenvalue weighted by atomic mass is 32.2. The molecule has 6 nitrogen and oxygen atoms in total. The van der Waals surface area contributed by atoms with Crippen molar-refractivity contribution in [2.45, 2.75) is 44.7 Å². The highest BCUT2D eigenvalue weighted by Crippen LogP contribution is 2.20. The van der Waals surface area contributed by atoms with Crippen LogP contribution >= 0.6 is 0 Å².